The van der Waals surface area contributed by atoms with Gasteiger partial charge in [0.05, 0.1) is 22.0 Å². The van der Waals surface area contributed by atoms with E-state index in [0.717, 1.165) is 38.8 Å². The Kier molecular flexibility index (Phi) is 7.35. The maximum atomic E-state index is 12.3. The molecule has 2 aromatic rings. The van der Waals surface area contributed by atoms with E-state index in [2.05, 4.69) is 0 Å². The highest BCUT2D eigenvalue weighted by atomic mass is 32.1. The van der Waals surface area contributed by atoms with Gasteiger partial charge >= 0.3 is 5.97 Å². The van der Waals surface area contributed by atoms with Crippen molar-refractivity contribution in [2.24, 2.45) is 0 Å². The molecule has 3 rings (SSSR count). The number of hydrogen-bond donors (Lipinski definition) is 0. The smallest absolute Gasteiger partial charge is 0.338 e. The van der Waals surface area contributed by atoms with Gasteiger partial charge in [-0.3, -0.25) is 14.9 Å². The number of benzene rings is 1. The molecule has 154 valence electrons. The number of nitro groups is 1. The molecule has 0 saturated carbocycles. The van der Waals surface area contributed by atoms with Gasteiger partial charge in [-0.15, -0.1) is 11.3 Å². The first-order valence-electron chi connectivity index (χ1n) is 9.83. The van der Waals surface area contributed by atoms with Crippen molar-refractivity contribution < 1.29 is 19.2 Å². The number of nitro benzene ring substituents is 1. The van der Waals surface area contributed by atoms with Crippen molar-refractivity contribution in [1.82, 2.24) is 0 Å². The second-order valence-electron chi connectivity index (χ2n) is 7.00. The van der Waals surface area contributed by atoms with Crippen LogP contribution in [0.2, 0.25) is 0 Å². The molecular weight excluding hydrogens is 392 g/mol. The summed E-state index contributed by atoms with van der Waals surface area (Å²) in [6.45, 7) is 1.66. The minimum atomic E-state index is -0.612. The Balaban J connectivity index is 1.59. The van der Waals surface area contributed by atoms with Crippen molar-refractivity contribution >= 4 is 34.5 Å². The van der Waals surface area contributed by atoms with Gasteiger partial charge in [-0.2, -0.15) is 0 Å². The maximum Gasteiger partial charge on any atom is 0.338 e. The predicted molar refractivity (Wildman–Crippen MR) is 112 cm³/mol. The molecule has 1 saturated heterocycles. The Bertz CT molecular complexity index is 858. The second kappa shape index (κ2) is 10.2. The Morgan fingerprint density at radius 3 is 2.55 bits per heavy atom. The van der Waals surface area contributed by atoms with Gasteiger partial charge in [-0.1, -0.05) is 18.9 Å². The quantitative estimate of drug-likeness (QED) is 0.201. The van der Waals surface area contributed by atoms with E-state index in [-0.39, 0.29) is 23.6 Å². The number of nitrogens with zero attached hydrogens (tertiary/aromatic N) is 2. The van der Waals surface area contributed by atoms with Crippen molar-refractivity contribution in [3.8, 4) is 0 Å². The van der Waals surface area contributed by atoms with Crippen LogP contribution in [0.3, 0.4) is 0 Å². The van der Waals surface area contributed by atoms with Crippen molar-refractivity contribution in [2.45, 2.75) is 38.5 Å². The first kappa shape index (κ1) is 21.0. The van der Waals surface area contributed by atoms with E-state index in [4.69, 9.17) is 4.74 Å². The van der Waals surface area contributed by atoms with E-state index in [1.165, 1.54) is 17.4 Å². The molecule has 0 spiro atoms. The molecule has 0 N–H and O–H groups in total. The summed E-state index contributed by atoms with van der Waals surface area (Å²) in [7, 11) is 0. The van der Waals surface area contributed by atoms with Gasteiger partial charge in [0.1, 0.15) is 5.69 Å². The van der Waals surface area contributed by atoms with Crippen LogP contribution in [0.15, 0.2) is 35.7 Å². The summed E-state index contributed by atoms with van der Waals surface area (Å²) in [5.74, 6) is -0.590. The molecule has 0 atom stereocenters. The lowest BCUT2D eigenvalue weighted by Gasteiger charge is -2.22. The molecule has 0 amide bonds. The average Bonchev–Trinajstić information content (AvgIpc) is 3.13. The highest BCUT2D eigenvalue weighted by molar-refractivity contribution is 7.12. The molecule has 29 heavy (non-hydrogen) atoms. The fraction of sp³-hybridized carbons (Fsp3) is 0.429. The molecule has 0 unspecified atom stereocenters. The molecule has 0 bridgehead atoms. The zero-order chi connectivity index (χ0) is 20.6. The van der Waals surface area contributed by atoms with E-state index in [0.29, 0.717) is 23.4 Å². The number of rotatable bonds is 8. The Morgan fingerprint density at radius 1 is 1.14 bits per heavy atom. The maximum absolute atomic E-state index is 12.3. The van der Waals surface area contributed by atoms with E-state index in [9.17, 15) is 19.7 Å². The molecule has 0 aliphatic carbocycles. The van der Waals surface area contributed by atoms with Crippen LogP contribution in [0.25, 0.3) is 0 Å². The van der Waals surface area contributed by atoms with Gasteiger partial charge in [0.25, 0.3) is 5.69 Å². The molecule has 1 fully saturated rings. The third-order valence-electron chi connectivity index (χ3n) is 4.93. The van der Waals surface area contributed by atoms with E-state index in [1.54, 1.807) is 18.2 Å². The number of ketones is 1. The van der Waals surface area contributed by atoms with Crippen LogP contribution in [0, 0.1) is 10.1 Å². The Morgan fingerprint density at radius 2 is 1.90 bits per heavy atom. The van der Waals surface area contributed by atoms with Gasteiger partial charge in [0.15, 0.2) is 5.78 Å². The largest absolute Gasteiger partial charge is 0.462 e. The number of carbonyl (C=O) groups excluding carboxylic acids is 2. The summed E-state index contributed by atoms with van der Waals surface area (Å²) < 4.78 is 5.21. The predicted octanol–water partition coefficient (Wildman–Crippen LogP) is 4.86. The van der Waals surface area contributed by atoms with Gasteiger partial charge in [0, 0.05) is 25.6 Å². The third kappa shape index (κ3) is 5.63. The molecule has 1 aliphatic heterocycles. The molecule has 8 heteroatoms. The zero-order valence-electron chi connectivity index (χ0n) is 16.2. The first-order valence-corrected chi connectivity index (χ1v) is 10.7. The van der Waals surface area contributed by atoms with Crippen molar-refractivity contribution in [3.63, 3.8) is 0 Å². The highest BCUT2D eigenvalue weighted by Gasteiger charge is 2.23. The number of anilines is 1. The number of carbonyl (C=O) groups is 2. The molecule has 7 nitrogen and oxygen atoms in total. The normalized spacial score (nSPS) is 14.3. The van der Waals surface area contributed by atoms with E-state index < -0.39 is 10.9 Å². The summed E-state index contributed by atoms with van der Waals surface area (Å²) >= 11 is 1.39. The van der Waals surface area contributed by atoms with Crippen LogP contribution >= 0.6 is 11.3 Å². The minimum absolute atomic E-state index is 0.0217. The van der Waals surface area contributed by atoms with Crippen LogP contribution in [-0.4, -0.2) is 36.4 Å². The summed E-state index contributed by atoms with van der Waals surface area (Å²) in [6.07, 6.45) is 4.97. The molecule has 2 heterocycles. The first-order chi connectivity index (χ1) is 14.1. The van der Waals surface area contributed by atoms with Crippen molar-refractivity contribution in [2.75, 3.05) is 24.6 Å². The topological polar surface area (TPSA) is 89.8 Å². The number of hydrogen-bond acceptors (Lipinski definition) is 7. The lowest BCUT2D eigenvalue weighted by Crippen LogP contribution is -2.25. The Labute approximate surface area is 173 Å². The van der Waals surface area contributed by atoms with Crippen LogP contribution in [0.4, 0.5) is 11.4 Å². The SMILES string of the molecule is O=C(OCCCC(=O)c1cccs1)c1ccc(N2CCCCCC2)c([N+](=O)[O-])c1. The molecule has 0 radical (unpaired) electrons. The molecule has 1 aromatic carbocycles. The van der Waals surface area contributed by atoms with Crippen molar-refractivity contribution in [3.05, 3.63) is 56.3 Å². The number of thiophene rings is 1. The summed E-state index contributed by atoms with van der Waals surface area (Å²) in [6, 6.07) is 8.09. The molecule has 1 aliphatic rings. The fourth-order valence-electron chi connectivity index (χ4n) is 3.42. The van der Waals surface area contributed by atoms with Crippen LogP contribution in [0.1, 0.15) is 58.6 Å². The summed E-state index contributed by atoms with van der Waals surface area (Å²) in [5.41, 5.74) is 0.629. The number of Topliss-reactive ketones (excluding diaryl/α,β-unsaturated/α-hetero) is 1. The van der Waals surface area contributed by atoms with Crippen LogP contribution < -0.4 is 4.90 Å². The second-order valence-corrected chi connectivity index (χ2v) is 7.95. The highest BCUT2D eigenvalue weighted by Crippen LogP contribution is 2.31. The number of ether oxygens (including phenoxy) is 1. The summed E-state index contributed by atoms with van der Waals surface area (Å²) in [5, 5.41) is 13.4. The average molecular weight is 416 g/mol. The zero-order valence-corrected chi connectivity index (χ0v) is 17.0. The minimum Gasteiger partial charge on any atom is -0.462 e. The monoisotopic (exact) mass is 416 g/mol. The molecular formula is C21H24N2O5S. The third-order valence-corrected chi connectivity index (χ3v) is 5.84. The lowest BCUT2D eigenvalue weighted by atomic mass is 10.1. The van der Waals surface area contributed by atoms with E-state index in [1.807, 2.05) is 16.3 Å². The van der Waals surface area contributed by atoms with Gasteiger partial charge < -0.3 is 9.64 Å². The number of esters is 1. The van der Waals surface area contributed by atoms with Gasteiger partial charge in [-0.05, 0) is 42.8 Å². The van der Waals surface area contributed by atoms with E-state index >= 15 is 0 Å². The lowest BCUT2D eigenvalue weighted by molar-refractivity contribution is -0.384. The van der Waals surface area contributed by atoms with Crippen LogP contribution in [-0.2, 0) is 4.74 Å². The van der Waals surface area contributed by atoms with Crippen LogP contribution in [0.5, 0.6) is 0 Å². The van der Waals surface area contributed by atoms with Crippen molar-refractivity contribution in [1.29, 1.82) is 0 Å². The Hall–Kier alpha value is -2.74. The fourth-order valence-corrected chi connectivity index (χ4v) is 4.11. The van der Waals surface area contributed by atoms with Gasteiger partial charge in [0.2, 0.25) is 0 Å². The standard InChI is InChI=1S/C21H24N2O5S/c24-19(20-8-6-14-29-20)7-5-13-28-21(25)16-9-10-17(18(15-16)23(26)27)22-11-3-1-2-4-12-22/h6,8-10,14-15H,1-5,7,11-13H2. The summed E-state index contributed by atoms with van der Waals surface area (Å²) in [4.78, 5) is 38.1. The molecule has 1 aromatic heterocycles. The van der Waals surface area contributed by atoms with Gasteiger partial charge in [-0.25, -0.2) is 4.79 Å².